The Hall–Kier alpha value is -2.62. The number of carbonyl (C=O) groups is 2. The normalized spacial score (nSPS) is 12.9. The van der Waals surface area contributed by atoms with Crippen molar-refractivity contribution in [2.75, 3.05) is 0 Å². The number of carbonyl (C=O) groups excluding carboxylic acids is 2. The van der Waals surface area contributed by atoms with Gasteiger partial charge in [0.15, 0.2) is 0 Å². The van der Waals surface area contributed by atoms with Crippen LogP contribution < -0.4 is 0 Å². The van der Waals surface area contributed by atoms with E-state index in [4.69, 9.17) is 9.47 Å². The first-order valence-corrected chi connectivity index (χ1v) is 9.37. The highest BCUT2D eigenvalue weighted by Gasteiger charge is 2.21. The number of rotatable bonds is 8. The minimum absolute atomic E-state index is 0.0645. The quantitative estimate of drug-likeness (QED) is 0.455. The van der Waals surface area contributed by atoms with E-state index >= 15 is 0 Å². The first-order chi connectivity index (χ1) is 12.9. The van der Waals surface area contributed by atoms with Crippen molar-refractivity contribution in [3.8, 4) is 0 Å². The van der Waals surface area contributed by atoms with Crippen molar-refractivity contribution < 1.29 is 19.1 Å². The number of hydrogen-bond donors (Lipinski definition) is 0. The fourth-order valence-corrected chi connectivity index (χ4v) is 2.90. The maximum absolute atomic E-state index is 12.5. The van der Waals surface area contributed by atoms with Gasteiger partial charge in [-0.2, -0.15) is 0 Å². The molecule has 2 atom stereocenters. The third-order valence-corrected chi connectivity index (χ3v) is 4.34. The Labute approximate surface area is 161 Å². The van der Waals surface area contributed by atoms with E-state index in [0.29, 0.717) is 12.8 Å². The molecule has 0 aliphatic heterocycles. The van der Waals surface area contributed by atoms with E-state index in [-0.39, 0.29) is 24.5 Å². The van der Waals surface area contributed by atoms with Crippen LogP contribution in [0.25, 0.3) is 10.8 Å². The highest BCUT2D eigenvalue weighted by Crippen LogP contribution is 2.27. The van der Waals surface area contributed by atoms with Gasteiger partial charge in [-0.3, -0.25) is 9.59 Å². The summed E-state index contributed by atoms with van der Waals surface area (Å²) in [7, 11) is 0. The van der Waals surface area contributed by atoms with Crippen LogP contribution in [-0.4, -0.2) is 18.0 Å². The summed E-state index contributed by atoms with van der Waals surface area (Å²) in [4.78, 5) is 23.6. The Morgan fingerprint density at radius 3 is 2.33 bits per heavy atom. The van der Waals surface area contributed by atoms with Crippen molar-refractivity contribution in [2.45, 2.75) is 59.2 Å². The topological polar surface area (TPSA) is 52.6 Å². The Morgan fingerprint density at radius 2 is 1.70 bits per heavy atom. The van der Waals surface area contributed by atoms with E-state index < -0.39 is 6.10 Å². The standard InChI is InChI=1S/C23H28O4/c1-5-21(26-17(4)24)15-23(25)27-22(13-10-16(2)3)20-12-11-18-8-6-7-9-19(18)14-20/h6-12,14,21-22H,5,13,15H2,1-4H3. The molecule has 0 aliphatic rings. The van der Waals surface area contributed by atoms with Gasteiger partial charge in [-0.25, -0.2) is 0 Å². The van der Waals surface area contributed by atoms with Crippen LogP contribution in [0.2, 0.25) is 0 Å². The summed E-state index contributed by atoms with van der Waals surface area (Å²) in [6, 6.07) is 14.2. The van der Waals surface area contributed by atoms with Crippen LogP contribution in [0.15, 0.2) is 54.1 Å². The lowest BCUT2D eigenvalue weighted by molar-refractivity contribution is -0.157. The summed E-state index contributed by atoms with van der Waals surface area (Å²) in [6.07, 6.45) is 2.49. The summed E-state index contributed by atoms with van der Waals surface area (Å²) in [5, 5.41) is 2.26. The van der Waals surface area contributed by atoms with Crippen molar-refractivity contribution in [1.82, 2.24) is 0 Å². The average Bonchev–Trinajstić information content (AvgIpc) is 2.63. The predicted molar refractivity (Wildman–Crippen MR) is 107 cm³/mol. The number of ether oxygens (including phenoxy) is 2. The summed E-state index contributed by atoms with van der Waals surface area (Å²) < 4.78 is 10.9. The molecular weight excluding hydrogens is 340 g/mol. The molecule has 0 bridgehead atoms. The second-order valence-corrected chi connectivity index (χ2v) is 6.95. The van der Waals surface area contributed by atoms with Crippen molar-refractivity contribution in [2.24, 2.45) is 0 Å². The van der Waals surface area contributed by atoms with E-state index in [1.165, 1.54) is 12.5 Å². The van der Waals surface area contributed by atoms with Crippen LogP contribution in [0.1, 0.15) is 58.6 Å². The summed E-state index contributed by atoms with van der Waals surface area (Å²) >= 11 is 0. The van der Waals surface area contributed by atoms with Crippen molar-refractivity contribution in [3.05, 3.63) is 59.7 Å². The monoisotopic (exact) mass is 368 g/mol. The molecule has 2 rings (SSSR count). The minimum Gasteiger partial charge on any atom is -0.462 e. The van der Waals surface area contributed by atoms with Crippen molar-refractivity contribution in [1.29, 1.82) is 0 Å². The number of fused-ring (bicyclic) bond motifs is 1. The van der Waals surface area contributed by atoms with E-state index in [2.05, 4.69) is 18.2 Å². The van der Waals surface area contributed by atoms with Gasteiger partial charge in [0.2, 0.25) is 0 Å². The molecule has 27 heavy (non-hydrogen) atoms. The maximum Gasteiger partial charge on any atom is 0.310 e. The molecule has 2 aromatic rings. The molecule has 2 unspecified atom stereocenters. The van der Waals surface area contributed by atoms with Gasteiger partial charge in [0, 0.05) is 13.3 Å². The fraction of sp³-hybridized carbons (Fsp3) is 0.391. The molecule has 4 heteroatoms. The molecule has 0 fully saturated rings. The van der Waals surface area contributed by atoms with Crippen molar-refractivity contribution >= 4 is 22.7 Å². The molecular formula is C23H28O4. The highest BCUT2D eigenvalue weighted by atomic mass is 16.6. The first kappa shape index (κ1) is 20.7. The van der Waals surface area contributed by atoms with Gasteiger partial charge in [-0.05, 0) is 42.7 Å². The van der Waals surface area contributed by atoms with Crippen LogP contribution in [0.4, 0.5) is 0 Å². The number of allylic oxidation sites excluding steroid dienone is 1. The molecule has 0 saturated carbocycles. The minimum atomic E-state index is -0.448. The number of benzene rings is 2. The van der Waals surface area contributed by atoms with Gasteiger partial charge >= 0.3 is 11.9 Å². The Bertz CT molecular complexity index is 818. The molecule has 4 nitrogen and oxygen atoms in total. The molecule has 0 amide bonds. The Balaban J connectivity index is 2.18. The van der Waals surface area contributed by atoms with Crippen LogP contribution in [0, 0.1) is 0 Å². The molecule has 0 heterocycles. The zero-order valence-corrected chi connectivity index (χ0v) is 16.5. The number of hydrogen-bond acceptors (Lipinski definition) is 4. The lowest BCUT2D eigenvalue weighted by Gasteiger charge is -2.20. The molecule has 0 aliphatic carbocycles. The molecule has 144 valence electrons. The fourth-order valence-electron chi connectivity index (χ4n) is 2.90. The maximum atomic E-state index is 12.5. The molecule has 0 N–H and O–H groups in total. The third kappa shape index (κ3) is 6.55. The second kappa shape index (κ2) is 9.91. The predicted octanol–water partition coefficient (Wildman–Crippen LogP) is 5.51. The number of esters is 2. The lowest BCUT2D eigenvalue weighted by Crippen LogP contribution is -2.22. The first-order valence-electron chi connectivity index (χ1n) is 9.37. The van der Waals surface area contributed by atoms with Crippen molar-refractivity contribution in [3.63, 3.8) is 0 Å². The molecule has 0 saturated heterocycles. The average molecular weight is 368 g/mol. The third-order valence-electron chi connectivity index (χ3n) is 4.34. The van der Waals surface area contributed by atoms with Gasteiger partial charge in [0.05, 0.1) is 6.42 Å². The van der Waals surface area contributed by atoms with E-state index in [1.807, 2.05) is 51.1 Å². The largest absolute Gasteiger partial charge is 0.462 e. The summed E-state index contributed by atoms with van der Waals surface area (Å²) in [5.74, 6) is -0.742. The van der Waals surface area contributed by atoms with Crippen LogP contribution in [0.5, 0.6) is 0 Å². The smallest absolute Gasteiger partial charge is 0.310 e. The van der Waals surface area contributed by atoms with Gasteiger partial charge in [-0.1, -0.05) is 55.0 Å². The van der Waals surface area contributed by atoms with E-state index in [9.17, 15) is 9.59 Å². The zero-order valence-electron chi connectivity index (χ0n) is 16.5. The second-order valence-electron chi connectivity index (χ2n) is 6.95. The zero-order chi connectivity index (χ0) is 19.8. The van der Waals surface area contributed by atoms with Gasteiger partial charge in [-0.15, -0.1) is 0 Å². The van der Waals surface area contributed by atoms with Gasteiger partial charge < -0.3 is 9.47 Å². The van der Waals surface area contributed by atoms with Crippen LogP contribution in [0.3, 0.4) is 0 Å². The van der Waals surface area contributed by atoms with Gasteiger partial charge in [0.1, 0.15) is 12.2 Å². The molecule has 2 aromatic carbocycles. The summed E-state index contributed by atoms with van der Waals surface area (Å²) in [6.45, 7) is 7.27. The van der Waals surface area contributed by atoms with Crippen LogP contribution in [-0.2, 0) is 19.1 Å². The lowest BCUT2D eigenvalue weighted by atomic mass is 10.0. The molecule has 0 radical (unpaired) electrons. The van der Waals surface area contributed by atoms with Gasteiger partial charge in [0.25, 0.3) is 0 Å². The van der Waals surface area contributed by atoms with Crippen LogP contribution >= 0.6 is 0 Å². The Kier molecular flexibility index (Phi) is 7.59. The highest BCUT2D eigenvalue weighted by molar-refractivity contribution is 5.83. The molecule has 0 spiro atoms. The van der Waals surface area contributed by atoms with E-state index in [0.717, 1.165) is 16.3 Å². The van der Waals surface area contributed by atoms with E-state index in [1.54, 1.807) is 0 Å². The molecule has 0 aromatic heterocycles. The SMILES string of the molecule is CCC(CC(=O)OC(CC=C(C)C)c1ccc2ccccc2c1)OC(C)=O. The summed E-state index contributed by atoms with van der Waals surface area (Å²) in [5.41, 5.74) is 2.13. The Morgan fingerprint density at radius 1 is 1.00 bits per heavy atom.